The van der Waals surface area contributed by atoms with Gasteiger partial charge in [-0.05, 0) is 43.2 Å². The van der Waals surface area contributed by atoms with Gasteiger partial charge in [0.25, 0.3) is 5.91 Å². The van der Waals surface area contributed by atoms with Gasteiger partial charge in [0.2, 0.25) is 0 Å². The van der Waals surface area contributed by atoms with Gasteiger partial charge >= 0.3 is 0 Å². The molecule has 1 N–H and O–H groups in total. The number of Topliss-reactive ketones (excluding diaryl/α,β-unsaturated/α-hetero) is 1. The van der Waals surface area contributed by atoms with E-state index in [0.717, 1.165) is 54.7 Å². The summed E-state index contributed by atoms with van der Waals surface area (Å²) in [4.78, 5) is 29.3. The van der Waals surface area contributed by atoms with Crippen molar-refractivity contribution in [3.63, 3.8) is 0 Å². The summed E-state index contributed by atoms with van der Waals surface area (Å²) in [5.74, 6) is -0.279. The lowest BCUT2D eigenvalue weighted by Gasteiger charge is -2.49. The first-order valence-corrected chi connectivity index (χ1v) is 15.1. The summed E-state index contributed by atoms with van der Waals surface area (Å²) in [6.07, 6.45) is 1.15. The van der Waals surface area contributed by atoms with Crippen LogP contribution in [0.3, 0.4) is 0 Å². The number of hydrogen-bond acceptors (Lipinski definition) is 4. The molecule has 0 unspecified atom stereocenters. The van der Waals surface area contributed by atoms with Gasteiger partial charge in [-0.25, -0.2) is 0 Å². The smallest absolute Gasteiger partial charge is 0.253 e. The number of ketones is 1. The second kappa shape index (κ2) is 8.56. The molecule has 1 fully saturated rings. The Bertz CT molecular complexity index is 2180. The number of ether oxygens (including phenoxy) is 1. The zero-order chi connectivity index (χ0) is 29.2. The highest BCUT2D eigenvalue weighted by molar-refractivity contribution is 6.31. The summed E-state index contributed by atoms with van der Waals surface area (Å²) in [6.45, 7) is 1.96. The molecule has 0 saturated carbocycles. The quantitative estimate of drug-likeness (QED) is 0.268. The van der Waals surface area contributed by atoms with E-state index in [4.69, 9.17) is 4.74 Å². The highest BCUT2D eigenvalue weighted by Gasteiger charge is 2.52. The van der Waals surface area contributed by atoms with E-state index in [-0.39, 0.29) is 30.3 Å². The molecular weight excluding hydrogens is 538 g/mol. The number of rotatable bonds is 3. The second-order valence-electron chi connectivity index (χ2n) is 12.5. The van der Waals surface area contributed by atoms with Crippen LogP contribution in [0.15, 0.2) is 78.9 Å². The molecule has 4 heterocycles. The minimum atomic E-state index is -0.865. The fourth-order valence-corrected chi connectivity index (χ4v) is 8.56. The molecule has 0 spiro atoms. The monoisotopic (exact) mass is 569 g/mol. The van der Waals surface area contributed by atoms with E-state index in [0.29, 0.717) is 24.8 Å². The molecule has 2 bridgehead atoms. The van der Waals surface area contributed by atoms with E-state index in [9.17, 15) is 14.7 Å². The number of aliphatic hydroxyl groups excluding tert-OH is 1. The molecule has 6 aromatic rings. The number of amides is 1. The summed E-state index contributed by atoms with van der Waals surface area (Å²) in [5, 5.41) is 15.3. The van der Waals surface area contributed by atoms with Crippen molar-refractivity contribution < 1.29 is 19.4 Å². The Morgan fingerprint density at radius 1 is 0.930 bits per heavy atom. The van der Waals surface area contributed by atoms with Crippen LogP contribution in [0.5, 0.6) is 0 Å². The molecule has 1 aliphatic carbocycles. The Labute approximate surface area is 247 Å². The van der Waals surface area contributed by atoms with E-state index >= 15 is 0 Å². The normalized spacial score (nSPS) is 24.3. The van der Waals surface area contributed by atoms with Gasteiger partial charge in [-0.2, -0.15) is 0 Å². The summed E-state index contributed by atoms with van der Waals surface area (Å²) in [7, 11) is 1.84. The Kier molecular flexibility index (Phi) is 4.99. The maximum Gasteiger partial charge on any atom is 0.253 e. The molecule has 7 nitrogen and oxygen atoms in total. The molecule has 2 aromatic heterocycles. The number of fused-ring (bicyclic) bond motifs is 13. The van der Waals surface area contributed by atoms with Crippen molar-refractivity contribution in [2.45, 2.75) is 44.2 Å². The number of hydrogen-bond donors (Lipinski definition) is 1. The Balaban J connectivity index is 1.42. The summed E-state index contributed by atoms with van der Waals surface area (Å²) >= 11 is 0. The van der Waals surface area contributed by atoms with E-state index < -0.39 is 12.0 Å². The van der Waals surface area contributed by atoms with Gasteiger partial charge in [0, 0.05) is 64.5 Å². The lowest BCUT2D eigenvalue weighted by molar-refractivity contribution is -0.233. The number of aromatic nitrogens is 2. The van der Waals surface area contributed by atoms with E-state index in [1.807, 2.05) is 61.6 Å². The maximum absolute atomic E-state index is 13.9. The van der Waals surface area contributed by atoms with Crippen LogP contribution in [0, 0.1) is 5.92 Å². The van der Waals surface area contributed by atoms with Crippen molar-refractivity contribution in [3.05, 3.63) is 95.6 Å². The van der Waals surface area contributed by atoms with Crippen LogP contribution in [0.4, 0.5) is 0 Å². The highest BCUT2D eigenvalue weighted by Crippen LogP contribution is 2.55. The molecular formula is C36H31N3O4. The van der Waals surface area contributed by atoms with Gasteiger partial charge in [0.1, 0.15) is 12.0 Å². The van der Waals surface area contributed by atoms with Crippen molar-refractivity contribution in [2.75, 3.05) is 13.7 Å². The number of aliphatic hydroxyl groups is 1. The lowest BCUT2D eigenvalue weighted by atomic mass is 9.86. The van der Waals surface area contributed by atoms with Crippen LogP contribution in [0.25, 0.3) is 43.6 Å². The molecule has 1 saturated heterocycles. The number of para-hydroxylation sites is 2. The van der Waals surface area contributed by atoms with Gasteiger partial charge in [0.15, 0.2) is 5.78 Å². The minimum Gasteiger partial charge on any atom is -0.396 e. The summed E-state index contributed by atoms with van der Waals surface area (Å²) in [6, 6.07) is 25.6. The third-order valence-electron chi connectivity index (χ3n) is 10.3. The van der Waals surface area contributed by atoms with E-state index in [1.54, 1.807) is 4.90 Å². The molecule has 214 valence electrons. The van der Waals surface area contributed by atoms with Crippen LogP contribution in [-0.4, -0.2) is 50.5 Å². The average Bonchev–Trinajstić information content (AvgIpc) is 3.68. The van der Waals surface area contributed by atoms with Gasteiger partial charge in [-0.1, -0.05) is 54.6 Å². The molecule has 7 heteroatoms. The third-order valence-corrected chi connectivity index (χ3v) is 10.3. The fourth-order valence-electron chi connectivity index (χ4n) is 8.56. The predicted octanol–water partition coefficient (Wildman–Crippen LogP) is 6.39. The van der Waals surface area contributed by atoms with Crippen molar-refractivity contribution in [1.29, 1.82) is 0 Å². The van der Waals surface area contributed by atoms with Crippen molar-refractivity contribution in [1.82, 2.24) is 14.0 Å². The topological polar surface area (TPSA) is 76.7 Å². The summed E-state index contributed by atoms with van der Waals surface area (Å²) < 4.78 is 11.8. The third kappa shape index (κ3) is 3.06. The molecule has 4 aromatic carbocycles. The lowest BCUT2D eigenvalue weighted by Crippen LogP contribution is -2.56. The Morgan fingerprint density at radius 3 is 2.35 bits per heavy atom. The van der Waals surface area contributed by atoms with Crippen LogP contribution >= 0.6 is 0 Å². The van der Waals surface area contributed by atoms with E-state index in [1.165, 1.54) is 0 Å². The molecule has 9 rings (SSSR count). The largest absolute Gasteiger partial charge is 0.396 e. The number of nitrogens with zero attached hydrogens (tertiary/aromatic N) is 3. The zero-order valence-electron chi connectivity index (χ0n) is 24.1. The molecule has 4 atom stereocenters. The zero-order valence-corrected chi connectivity index (χ0v) is 24.1. The van der Waals surface area contributed by atoms with Crippen LogP contribution in [0.2, 0.25) is 0 Å². The number of carbonyl (C=O) groups excluding carboxylic acids is 2. The standard InChI is InChI=1S/C36H31N3O4/c1-36-18-27(37(2)34(42)20-10-4-3-5-11-20)24(19-40)35(43-36)38-25-14-8-6-12-21(25)29-23-16-17-28(41)30(23)31-22-13-7-9-15-26(22)39(36)33(31)32(29)38/h3-15,24,27,35,40H,16-19H2,1-2H3/t24-,27-,35+,36-/m1/s1. The maximum atomic E-state index is 13.9. The molecule has 0 radical (unpaired) electrons. The van der Waals surface area contributed by atoms with Crippen LogP contribution in [-0.2, 0) is 16.9 Å². The van der Waals surface area contributed by atoms with Crippen molar-refractivity contribution >= 4 is 55.3 Å². The summed E-state index contributed by atoms with van der Waals surface area (Å²) in [5.41, 5.74) is 5.76. The van der Waals surface area contributed by atoms with Gasteiger partial charge < -0.3 is 23.9 Å². The fraction of sp³-hybridized carbons (Fsp3) is 0.278. The molecule has 1 amide bonds. The minimum absolute atomic E-state index is 0.0848. The Hall–Kier alpha value is -4.46. The highest BCUT2D eigenvalue weighted by atomic mass is 16.5. The number of benzene rings is 4. The average molecular weight is 570 g/mol. The SMILES string of the molecule is CN(C(=O)c1ccccc1)[C@@H]1C[C@@]2(C)O[C@@H]([C@@H]1CO)n1c3ccccc3c3c4c(c5c6ccccc6n2c5c31)C(=O)CC4. The Morgan fingerprint density at radius 2 is 1.60 bits per heavy atom. The molecule has 3 aliphatic rings. The molecule has 2 aliphatic heterocycles. The van der Waals surface area contributed by atoms with Gasteiger partial charge in [-0.15, -0.1) is 0 Å². The first-order chi connectivity index (χ1) is 20.9. The number of aryl methyl sites for hydroxylation is 1. The van der Waals surface area contributed by atoms with Gasteiger partial charge in [-0.3, -0.25) is 9.59 Å². The van der Waals surface area contributed by atoms with Crippen molar-refractivity contribution in [3.8, 4) is 0 Å². The predicted molar refractivity (Wildman–Crippen MR) is 166 cm³/mol. The molecule has 43 heavy (non-hydrogen) atoms. The first-order valence-electron chi connectivity index (χ1n) is 15.1. The second-order valence-corrected chi connectivity index (χ2v) is 12.5. The van der Waals surface area contributed by atoms with Gasteiger partial charge in [0.05, 0.1) is 28.7 Å². The number of carbonyl (C=O) groups is 2. The first kappa shape index (κ1) is 25.1. The van der Waals surface area contributed by atoms with Crippen LogP contribution < -0.4 is 0 Å². The van der Waals surface area contributed by atoms with Crippen LogP contribution in [0.1, 0.15) is 52.3 Å². The van der Waals surface area contributed by atoms with E-state index in [2.05, 4.69) is 40.3 Å². The van der Waals surface area contributed by atoms with Crippen molar-refractivity contribution in [2.24, 2.45) is 5.92 Å².